The minimum absolute atomic E-state index is 0.0534. The number of anilines is 1. The molecule has 1 unspecified atom stereocenters. The summed E-state index contributed by atoms with van der Waals surface area (Å²) >= 11 is 0. The highest BCUT2D eigenvalue weighted by atomic mass is 16.2. The van der Waals surface area contributed by atoms with Gasteiger partial charge in [0.2, 0.25) is 11.8 Å². The molecule has 1 atom stereocenters. The zero-order valence-electron chi connectivity index (χ0n) is 13.1. The van der Waals surface area contributed by atoms with E-state index in [4.69, 9.17) is 0 Å². The second-order valence-electron chi connectivity index (χ2n) is 5.62. The zero-order valence-corrected chi connectivity index (χ0v) is 13.1. The standard InChI is InChI=1S/C17H18N4O3/c22-15-7-4-8-19-21(15)10-9-18-17(24)13-11-16(23)20(12-13)14-5-2-1-3-6-14/h1-8,13H,9-12H2,(H,18,24). The molecule has 0 bridgehead atoms. The van der Waals surface area contributed by atoms with Crippen LogP contribution >= 0.6 is 0 Å². The van der Waals surface area contributed by atoms with Gasteiger partial charge >= 0.3 is 0 Å². The molecule has 0 spiro atoms. The third-order valence-corrected chi connectivity index (χ3v) is 3.97. The minimum Gasteiger partial charge on any atom is -0.354 e. The van der Waals surface area contributed by atoms with Gasteiger partial charge in [0.1, 0.15) is 0 Å². The first-order valence-corrected chi connectivity index (χ1v) is 7.80. The summed E-state index contributed by atoms with van der Waals surface area (Å²) in [6, 6.07) is 12.3. The largest absolute Gasteiger partial charge is 0.354 e. The van der Waals surface area contributed by atoms with Gasteiger partial charge in [-0.25, -0.2) is 4.68 Å². The molecule has 124 valence electrons. The van der Waals surface area contributed by atoms with Crippen molar-refractivity contribution >= 4 is 17.5 Å². The number of hydrogen-bond donors (Lipinski definition) is 1. The Kier molecular flexibility index (Phi) is 4.69. The normalized spacial score (nSPS) is 17.1. The van der Waals surface area contributed by atoms with Crippen LogP contribution in [0, 0.1) is 5.92 Å². The number of carbonyl (C=O) groups is 2. The summed E-state index contributed by atoms with van der Waals surface area (Å²) in [6.07, 6.45) is 1.72. The van der Waals surface area contributed by atoms with Crippen LogP contribution in [0.25, 0.3) is 0 Å². The smallest absolute Gasteiger partial charge is 0.266 e. The highest BCUT2D eigenvalue weighted by molar-refractivity contribution is 6.00. The average molecular weight is 326 g/mol. The molecule has 24 heavy (non-hydrogen) atoms. The Morgan fingerprint density at radius 3 is 2.71 bits per heavy atom. The van der Waals surface area contributed by atoms with Crippen LogP contribution in [-0.4, -0.2) is 34.7 Å². The van der Waals surface area contributed by atoms with Gasteiger partial charge < -0.3 is 10.2 Å². The fourth-order valence-corrected chi connectivity index (χ4v) is 2.73. The summed E-state index contributed by atoms with van der Waals surface area (Å²) in [5.74, 6) is -0.605. The van der Waals surface area contributed by atoms with E-state index in [1.54, 1.807) is 11.0 Å². The van der Waals surface area contributed by atoms with Crippen LogP contribution < -0.4 is 15.8 Å². The van der Waals surface area contributed by atoms with E-state index in [1.165, 1.54) is 16.9 Å². The Morgan fingerprint density at radius 1 is 1.17 bits per heavy atom. The Labute approximate surface area is 138 Å². The van der Waals surface area contributed by atoms with E-state index < -0.39 is 0 Å². The Morgan fingerprint density at radius 2 is 1.96 bits per heavy atom. The number of amides is 2. The van der Waals surface area contributed by atoms with E-state index in [2.05, 4.69) is 10.4 Å². The van der Waals surface area contributed by atoms with Crippen molar-refractivity contribution in [1.29, 1.82) is 0 Å². The number of nitrogens with zero attached hydrogens (tertiary/aromatic N) is 3. The highest BCUT2D eigenvalue weighted by Gasteiger charge is 2.34. The molecule has 1 aliphatic rings. The van der Waals surface area contributed by atoms with E-state index in [0.29, 0.717) is 19.6 Å². The van der Waals surface area contributed by atoms with E-state index in [-0.39, 0.29) is 29.7 Å². The van der Waals surface area contributed by atoms with Crippen molar-refractivity contribution in [3.05, 3.63) is 59.0 Å². The second-order valence-corrected chi connectivity index (χ2v) is 5.62. The molecule has 3 rings (SSSR count). The van der Waals surface area contributed by atoms with Crippen LogP contribution in [0.5, 0.6) is 0 Å². The van der Waals surface area contributed by atoms with Gasteiger partial charge in [-0.2, -0.15) is 5.10 Å². The number of hydrogen-bond acceptors (Lipinski definition) is 4. The lowest BCUT2D eigenvalue weighted by molar-refractivity contribution is -0.126. The quantitative estimate of drug-likeness (QED) is 0.863. The first kappa shape index (κ1) is 15.9. The number of carbonyl (C=O) groups excluding carboxylic acids is 2. The molecule has 1 aromatic heterocycles. The van der Waals surface area contributed by atoms with Crippen LogP contribution in [0.15, 0.2) is 53.5 Å². The van der Waals surface area contributed by atoms with Crippen LogP contribution in [0.1, 0.15) is 6.42 Å². The molecular weight excluding hydrogens is 308 g/mol. The van der Waals surface area contributed by atoms with Crippen molar-refractivity contribution in [1.82, 2.24) is 15.1 Å². The maximum absolute atomic E-state index is 12.2. The van der Waals surface area contributed by atoms with Gasteiger partial charge in [-0.05, 0) is 18.2 Å². The van der Waals surface area contributed by atoms with Gasteiger partial charge in [0.05, 0.1) is 12.5 Å². The Balaban J connectivity index is 1.54. The molecule has 1 aromatic carbocycles. The molecule has 2 amide bonds. The summed E-state index contributed by atoms with van der Waals surface area (Å²) in [7, 11) is 0. The summed E-state index contributed by atoms with van der Waals surface area (Å²) in [4.78, 5) is 37.5. The predicted octanol–water partition coefficient (Wildman–Crippen LogP) is 0.413. The first-order valence-electron chi connectivity index (χ1n) is 7.80. The van der Waals surface area contributed by atoms with Crippen LogP contribution in [0.4, 0.5) is 5.69 Å². The maximum Gasteiger partial charge on any atom is 0.266 e. The molecule has 0 aliphatic carbocycles. The zero-order chi connectivity index (χ0) is 16.9. The molecular formula is C17H18N4O3. The molecule has 7 nitrogen and oxygen atoms in total. The van der Waals surface area contributed by atoms with Crippen molar-refractivity contribution in [2.24, 2.45) is 5.92 Å². The molecule has 2 heterocycles. The predicted molar refractivity (Wildman–Crippen MR) is 88.4 cm³/mol. The Hall–Kier alpha value is -2.96. The number of rotatable bonds is 5. The third kappa shape index (κ3) is 3.51. The number of aromatic nitrogens is 2. The lowest BCUT2D eigenvalue weighted by atomic mass is 10.1. The number of nitrogens with one attached hydrogen (secondary N) is 1. The molecule has 0 saturated carbocycles. The van der Waals surface area contributed by atoms with E-state index in [9.17, 15) is 14.4 Å². The van der Waals surface area contributed by atoms with Crippen LogP contribution in [0.3, 0.4) is 0 Å². The Bertz CT molecular complexity index is 788. The van der Waals surface area contributed by atoms with Crippen molar-refractivity contribution in [3.8, 4) is 0 Å². The third-order valence-electron chi connectivity index (χ3n) is 3.97. The summed E-state index contributed by atoms with van der Waals surface area (Å²) in [6.45, 7) is 0.971. The highest BCUT2D eigenvalue weighted by Crippen LogP contribution is 2.24. The van der Waals surface area contributed by atoms with E-state index in [1.807, 2.05) is 30.3 Å². The van der Waals surface area contributed by atoms with Crippen molar-refractivity contribution in [2.45, 2.75) is 13.0 Å². The van der Waals surface area contributed by atoms with Crippen LogP contribution in [-0.2, 0) is 16.1 Å². The van der Waals surface area contributed by atoms with Crippen LogP contribution in [0.2, 0.25) is 0 Å². The molecule has 1 N–H and O–H groups in total. The monoisotopic (exact) mass is 326 g/mol. The first-order chi connectivity index (χ1) is 11.6. The summed E-state index contributed by atoms with van der Waals surface area (Å²) < 4.78 is 1.29. The minimum atomic E-state index is -0.377. The maximum atomic E-state index is 12.2. The molecule has 1 saturated heterocycles. The van der Waals surface area contributed by atoms with Crippen molar-refractivity contribution in [2.75, 3.05) is 18.0 Å². The van der Waals surface area contributed by atoms with Gasteiger partial charge in [-0.1, -0.05) is 18.2 Å². The molecule has 1 fully saturated rings. The van der Waals surface area contributed by atoms with Gasteiger partial charge in [-0.15, -0.1) is 0 Å². The van der Waals surface area contributed by atoms with Gasteiger partial charge in [0.15, 0.2) is 0 Å². The second kappa shape index (κ2) is 7.08. The van der Waals surface area contributed by atoms with E-state index in [0.717, 1.165) is 5.69 Å². The molecule has 1 aliphatic heterocycles. The van der Waals surface area contributed by atoms with Gasteiger partial charge in [0, 0.05) is 37.5 Å². The molecule has 2 aromatic rings. The summed E-state index contributed by atoms with van der Waals surface area (Å²) in [5, 5.41) is 6.70. The molecule has 0 radical (unpaired) electrons. The average Bonchev–Trinajstić information content (AvgIpc) is 2.99. The molecule has 7 heteroatoms. The summed E-state index contributed by atoms with van der Waals surface area (Å²) in [5.41, 5.74) is 0.593. The van der Waals surface area contributed by atoms with Gasteiger partial charge in [0.25, 0.3) is 5.56 Å². The lowest BCUT2D eigenvalue weighted by Gasteiger charge is -2.16. The fourth-order valence-electron chi connectivity index (χ4n) is 2.73. The van der Waals surface area contributed by atoms with E-state index >= 15 is 0 Å². The van der Waals surface area contributed by atoms with Crippen molar-refractivity contribution in [3.63, 3.8) is 0 Å². The topological polar surface area (TPSA) is 84.3 Å². The number of para-hydroxylation sites is 1. The van der Waals surface area contributed by atoms with Crippen molar-refractivity contribution < 1.29 is 9.59 Å². The lowest BCUT2D eigenvalue weighted by Crippen LogP contribution is -2.36. The number of benzene rings is 1. The SMILES string of the molecule is O=C(NCCn1ncccc1=O)C1CC(=O)N(c2ccccc2)C1. The van der Waals surface area contributed by atoms with Gasteiger partial charge in [-0.3, -0.25) is 14.4 Å². The fraction of sp³-hybridized carbons (Fsp3) is 0.294.